The number of amides is 2. The average molecular weight is 302 g/mol. The summed E-state index contributed by atoms with van der Waals surface area (Å²) in [5.41, 5.74) is 0.697. The van der Waals surface area contributed by atoms with Crippen LogP contribution in [0.5, 0.6) is 0 Å². The number of rotatable bonds is 5. The van der Waals surface area contributed by atoms with E-state index in [-0.39, 0.29) is 23.8 Å². The molecule has 0 unspecified atom stereocenters. The van der Waals surface area contributed by atoms with Crippen molar-refractivity contribution in [3.63, 3.8) is 0 Å². The minimum atomic E-state index is -0.0827. The van der Waals surface area contributed by atoms with Crippen molar-refractivity contribution in [1.82, 2.24) is 10.2 Å². The fourth-order valence-electron chi connectivity index (χ4n) is 3.00. The van der Waals surface area contributed by atoms with E-state index in [1.54, 1.807) is 0 Å². The van der Waals surface area contributed by atoms with Gasteiger partial charge in [0.1, 0.15) is 0 Å². The Morgan fingerprint density at radius 3 is 2.73 bits per heavy atom. The minimum Gasteiger partial charge on any atom is -0.353 e. The highest BCUT2D eigenvalue weighted by Gasteiger charge is 2.29. The molecule has 0 radical (unpaired) electrons. The summed E-state index contributed by atoms with van der Waals surface area (Å²) < 4.78 is 0. The average Bonchev–Trinajstić information content (AvgIpc) is 2.55. The van der Waals surface area contributed by atoms with E-state index in [0.29, 0.717) is 12.1 Å². The Bertz CT molecular complexity index is 501. The second kappa shape index (κ2) is 7.97. The second-order valence-corrected chi connectivity index (χ2v) is 6.15. The molecule has 2 rings (SSSR count). The van der Waals surface area contributed by atoms with E-state index < -0.39 is 0 Å². The maximum atomic E-state index is 12.5. The number of nitrogens with zero attached hydrogens (tertiary/aromatic N) is 1. The first-order chi connectivity index (χ1) is 10.6. The van der Waals surface area contributed by atoms with Gasteiger partial charge in [-0.3, -0.25) is 9.59 Å². The van der Waals surface area contributed by atoms with Crippen LogP contribution in [0.15, 0.2) is 30.3 Å². The first kappa shape index (κ1) is 16.5. The van der Waals surface area contributed by atoms with Crippen molar-refractivity contribution in [3.8, 4) is 0 Å². The molecule has 22 heavy (non-hydrogen) atoms. The fourth-order valence-corrected chi connectivity index (χ4v) is 3.00. The first-order valence-electron chi connectivity index (χ1n) is 8.26. The maximum absolute atomic E-state index is 12.5. The highest BCUT2D eigenvalue weighted by atomic mass is 16.2. The van der Waals surface area contributed by atoms with E-state index in [0.717, 1.165) is 32.2 Å². The van der Waals surface area contributed by atoms with Crippen LogP contribution in [-0.4, -0.2) is 35.8 Å². The Balaban J connectivity index is 1.94. The van der Waals surface area contributed by atoms with Crippen molar-refractivity contribution in [2.45, 2.75) is 45.6 Å². The van der Waals surface area contributed by atoms with Crippen LogP contribution < -0.4 is 5.32 Å². The Hall–Kier alpha value is -1.84. The molecule has 0 aromatic heterocycles. The molecule has 1 N–H and O–H groups in total. The number of hydrogen-bond donors (Lipinski definition) is 1. The number of likely N-dealkylation sites (tertiary alicyclic amines) is 1. The number of carbonyl (C=O) groups is 2. The number of piperidine rings is 1. The number of nitrogens with one attached hydrogen (secondary N) is 1. The van der Waals surface area contributed by atoms with Gasteiger partial charge in [0.05, 0.1) is 5.92 Å². The molecule has 1 aromatic carbocycles. The lowest BCUT2D eigenvalue weighted by molar-refractivity contribution is -0.127. The number of benzene rings is 1. The van der Waals surface area contributed by atoms with Crippen LogP contribution in [0.25, 0.3) is 0 Å². The summed E-state index contributed by atoms with van der Waals surface area (Å²) in [4.78, 5) is 26.6. The van der Waals surface area contributed by atoms with E-state index in [9.17, 15) is 9.59 Å². The molecule has 2 atom stereocenters. The summed E-state index contributed by atoms with van der Waals surface area (Å²) >= 11 is 0. The first-order valence-corrected chi connectivity index (χ1v) is 8.26. The van der Waals surface area contributed by atoms with Crippen LogP contribution in [0.3, 0.4) is 0 Å². The van der Waals surface area contributed by atoms with Crippen molar-refractivity contribution in [1.29, 1.82) is 0 Å². The van der Waals surface area contributed by atoms with Gasteiger partial charge in [0.25, 0.3) is 5.91 Å². The van der Waals surface area contributed by atoms with Gasteiger partial charge >= 0.3 is 0 Å². The number of hydrogen-bond acceptors (Lipinski definition) is 2. The molecule has 0 bridgehead atoms. The Morgan fingerprint density at radius 2 is 2.05 bits per heavy atom. The van der Waals surface area contributed by atoms with Crippen molar-refractivity contribution in [2.24, 2.45) is 5.92 Å². The lowest BCUT2D eigenvalue weighted by Crippen LogP contribution is -2.47. The van der Waals surface area contributed by atoms with Crippen LogP contribution in [0.2, 0.25) is 0 Å². The molecule has 1 aromatic rings. The molecule has 0 aliphatic carbocycles. The van der Waals surface area contributed by atoms with Gasteiger partial charge in [-0.2, -0.15) is 0 Å². The third-order valence-corrected chi connectivity index (χ3v) is 4.21. The Kier molecular flexibility index (Phi) is 5.99. The second-order valence-electron chi connectivity index (χ2n) is 6.15. The maximum Gasteiger partial charge on any atom is 0.253 e. The van der Waals surface area contributed by atoms with Gasteiger partial charge < -0.3 is 10.2 Å². The summed E-state index contributed by atoms with van der Waals surface area (Å²) in [7, 11) is 0. The van der Waals surface area contributed by atoms with Crippen LogP contribution in [0.4, 0.5) is 0 Å². The van der Waals surface area contributed by atoms with Crippen LogP contribution in [-0.2, 0) is 4.79 Å². The van der Waals surface area contributed by atoms with Crippen molar-refractivity contribution < 1.29 is 9.59 Å². The molecule has 0 spiro atoms. The topological polar surface area (TPSA) is 49.4 Å². The summed E-state index contributed by atoms with van der Waals surface area (Å²) in [6, 6.07) is 9.50. The third kappa shape index (κ3) is 4.33. The predicted octanol–water partition coefficient (Wildman–Crippen LogP) is 2.84. The summed E-state index contributed by atoms with van der Waals surface area (Å²) in [6.45, 7) is 5.42. The molecule has 1 aliphatic rings. The zero-order valence-electron chi connectivity index (χ0n) is 13.5. The summed E-state index contributed by atoms with van der Waals surface area (Å²) in [6.07, 6.45) is 3.80. The zero-order chi connectivity index (χ0) is 15.9. The quantitative estimate of drug-likeness (QED) is 0.909. The van der Waals surface area contributed by atoms with Crippen molar-refractivity contribution >= 4 is 11.8 Å². The summed E-state index contributed by atoms with van der Waals surface area (Å²) in [5, 5.41) is 3.07. The van der Waals surface area contributed by atoms with E-state index in [2.05, 4.69) is 12.2 Å². The Morgan fingerprint density at radius 1 is 1.32 bits per heavy atom. The van der Waals surface area contributed by atoms with Gasteiger partial charge in [-0.1, -0.05) is 31.5 Å². The standard InChI is InChI=1S/C18H26N2O2/c1-3-8-14(2)19-17(21)16-11-7-12-20(13-16)18(22)15-9-5-4-6-10-15/h4-6,9-10,14,16H,3,7-8,11-13H2,1-2H3,(H,19,21)/t14-,16-/m1/s1. The molecule has 0 saturated carbocycles. The molecule has 4 heteroatoms. The predicted molar refractivity (Wildman–Crippen MR) is 87.6 cm³/mol. The molecule has 2 amide bonds. The zero-order valence-corrected chi connectivity index (χ0v) is 13.5. The van der Waals surface area contributed by atoms with Gasteiger partial charge in [-0.05, 0) is 38.3 Å². The van der Waals surface area contributed by atoms with Gasteiger partial charge in [0.15, 0.2) is 0 Å². The van der Waals surface area contributed by atoms with Crippen molar-refractivity contribution in [2.75, 3.05) is 13.1 Å². The van der Waals surface area contributed by atoms with Gasteiger partial charge in [0.2, 0.25) is 5.91 Å². The lowest BCUT2D eigenvalue weighted by atomic mass is 9.96. The SMILES string of the molecule is CCC[C@@H](C)NC(=O)[C@@H]1CCCN(C(=O)c2ccccc2)C1. The number of carbonyl (C=O) groups excluding carboxylic acids is 2. The van der Waals surface area contributed by atoms with Gasteiger partial charge in [-0.25, -0.2) is 0 Å². The van der Waals surface area contributed by atoms with Crippen molar-refractivity contribution in [3.05, 3.63) is 35.9 Å². The smallest absolute Gasteiger partial charge is 0.253 e. The van der Waals surface area contributed by atoms with Crippen LogP contribution in [0.1, 0.15) is 49.9 Å². The lowest BCUT2D eigenvalue weighted by Gasteiger charge is -2.32. The Labute approximate surface area is 132 Å². The summed E-state index contributed by atoms with van der Waals surface area (Å²) in [5.74, 6) is 0.0342. The molecule has 1 saturated heterocycles. The van der Waals surface area contributed by atoms with Crippen LogP contribution >= 0.6 is 0 Å². The van der Waals surface area contributed by atoms with E-state index >= 15 is 0 Å². The minimum absolute atomic E-state index is 0.0275. The largest absolute Gasteiger partial charge is 0.353 e. The van der Waals surface area contributed by atoms with Gasteiger partial charge in [0, 0.05) is 24.7 Å². The van der Waals surface area contributed by atoms with E-state index in [1.807, 2.05) is 42.2 Å². The van der Waals surface area contributed by atoms with E-state index in [1.165, 1.54) is 0 Å². The molecule has 120 valence electrons. The van der Waals surface area contributed by atoms with Gasteiger partial charge in [-0.15, -0.1) is 0 Å². The van der Waals surface area contributed by atoms with E-state index in [4.69, 9.17) is 0 Å². The molecule has 1 fully saturated rings. The molecule has 4 nitrogen and oxygen atoms in total. The normalized spacial score (nSPS) is 19.5. The monoisotopic (exact) mass is 302 g/mol. The highest BCUT2D eigenvalue weighted by Crippen LogP contribution is 2.19. The van der Waals surface area contributed by atoms with Crippen LogP contribution in [0, 0.1) is 5.92 Å². The molecule has 1 heterocycles. The highest BCUT2D eigenvalue weighted by molar-refractivity contribution is 5.94. The molecular weight excluding hydrogens is 276 g/mol. The fraction of sp³-hybridized carbons (Fsp3) is 0.556. The third-order valence-electron chi connectivity index (χ3n) is 4.21. The molecular formula is C18H26N2O2. The molecule has 1 aliphatic heterocycles.